The fraction of sp³-hybridized carbons (Fsp3) is 0.519. The summed E-state index contributed by atoms with van der Waals surface area (Å²) in [6.45, 7) is 8.38. The number of carbonyl (C=O) groups is 2. The van der Waals surface area contributed by atoms with E-state index in [1.807, 2.05) is 38.7 Å². The Balaban J connectivity index is 1.65. The largest absolute Gasteiger partial charge is 0.525 e. The molecule has 2 aliphatic heterocycles. The van der Waals surface area contributed by atoms with E-state index in [9.17, 15) is 23.1 Å². The van der Waals surface area contributed by atoms with Crippen molar-refractivity contribution < 1.29 is 28.0 Å². The Morgan fingerprint density at radius 2 is 1.80 bits per heavy atom. The molecule has 1 aromatic heterocycles. The number of carbonyl (C=O) groups excluding carboxylic acids is 1. The minimum atomic E-state index is -3.54. The second kappa shape index (κ2) is 10.9. The Hall–Kier alpha value is -3.42. The van der Waals surface area contributed by atoms with E-state index < -0.39 is 22.2 Å². The topological polar surface area (TPSA) is 136 Å². The molecule has 4 rings (SSSR count). The van der Waals surface area contributed by atoms with E-state index in [0.717, 1.165) is 4.31 Å². The molecule has 1 amide bonds. The van der Waals surface area contributed by atoms with Crippen LogP contribution in [-0.2, 0) is 19.7 Å². The summed E-state index contributed by atoms with van der Waals surface area (Å²) < 4.78 is 26.0. The third kappa shape index (κ3) is 5.72. The van der Waals surface area contributed by atoms with Crippen LogP contribution in [0.15, 0.2) is 41.3 Å². The van der Waals surface area contributed by atoms with Crippen molar-refractivity contribution in [2.75, 3.05) is 42.8 Å². The Bertz CT molecular complexity index is 1370. The zero-order valence-electron chi connectivity index (χ0n) is 24.0. The number of sulfonamides is 1. The number of piperidine rings is 1. The minimum absolute atomic E-state index is 0.0516. The molecule has 1 fully saturated rings. The summed E-state index contributed by atoms with van der Waals surface area (Å²) in [4.78, 5) is 38.4. The third-order valence-corrected chi connectivity index (χ3v) is 9.41. The first-order valence-corrected chi connectivity index (χ1v) is 14.6. The van der Waals surface area contributed by atoms with Crippen molar-refractivity contribution in [1.82, 2.24) is 14.4 Å². The molecule has 0 spiro atoms. The molecule has 12 nitrogen and oxygen atoms in total. The fourth-order valence-electron chi connectivity index (χ4n) is 5.39. The Kier molecular flexibility index (Phi) is 8.03. The molecule has 0 bridgehead atoms. The van der Waals surface area contributed by atoms with Gasteiger partial charge in [-0.2, -0.15) is 0 Å². The molecule has 1 saturated heterocycles. The predicted molar refractivity (Wildman–Crippen MR) is 152 cm³/mol. The molecular weight excluding hydrogens is 536 g/mol. The van der Waals surface area contributed by atoms with Crippen molar-refractivity contribution in [2.24, 2.45) is 5.41 Å². The number of fused-ring (bicyclic) bond motifs is 1. The lowest BCUT2D eigenvalue weighted by Gasteiger charge is -2.50. The first-order chi connectivity index (χ1) is 18.6. The summed E-state index contributed by atoms with van der Waals surface area (Å²) in [7, 11) is 1.16. The number of aromatic nitrogens is 1. The lowest BCUT2D eigenvalue weighted by atomic mass is 9.79. The van der Waals surface area contributed by atoms with E-state index >= 15 is 0 Å². The van der Waals surface area contributed by atoms with E-state index in [1.165, 1.54) is 31.3 Å². The Labute approximate surface area is 235 Å². The molecule has 40 heavy (non-hydrogen) atoms. The zero-order valence-corrected chi connectivity index (χ0v) is 24.8. The van der Waals surface area contributed by atoms with Gasteiger partial charge in [-0.05, 0) is 61.6 Å². The van der Waals surface area contributed by atoms with E-state index in [2.05, 4.69) is 5.32 Å². The van der Waals surface area contributed by atoms with Gasteiger partial charge in [0.25, 0.3) is 0 Å². The van der Waals surface area contributed by atoms with Crippen LogP contribution in [0, 0.1) is 5.41 Å². The summed E-state index contributed by atoms with van der Waals surface area (Å²) in [5.74, 6) is 1.14. The monoisotopic (exact) mass is 574 g/mol. The number of rotatable bonds is 6. The maximum Gasteiger partial charge on any atom is 0.525 e. The summed E-state index contributed by atoms with van der Waals surface area (Å²) in [6, 6.07) is 9.30. The average molecular weight is 575 g/mol. The van der Waals surface area contributed by atoms with Crippen LogP contribution in [0.2, 0.25) is 0 Å². The highest BCUT2D eigenvalue weighted by molar-refractivity contribution is 7.89. The Morgan fingerprint density at radius 3 is 2.38 bits per heavy atom. The van der Waals surface area contributed by atoms with Gasteiger partial charge in [0.15, 0.2) is 5.82 Å². The second-order valence-corrected chi connectivity index (χ2v) is 13.7. The first-order valence-electron chi connectivity index (χ1n) is 13.2. The van der Waals surface area contributed by atoms with Crippen LogP contribution >= 0.6 is 0 Å². The molecule has 2 aromatic rings. The van der Waals surface area contributed by atoms with Gasteiger partial charge in [-0.15, -0.1) is 5.06 Å². The Morgan fingerprint density at radius 1 is 1.15 bits per heavy atom. The SMILES string of the molecule is C[C@@H]1C(=O)N(C)c2ccc(Nc3ccc(S(=O)(=O)N(C)C)cc3)nc2N1C1CCN(OC(=O)O)C(C(C)(C)C)C1. The fourth-order valence-corrected chi connectivity index (χ4v) is 6.30. The second-order valence-electron chi connectivity index (χ2n) is 11.5. The molecule has 3 heterocycles. The van der Waals surface area contributed by atoms with Crippen LogP contribution in [0.3, 0.4) is 0 Å². The molecule has 13 heteroatoms. The van der Waals surface area contributed by atoms with Crippen molar-refractivity contribution >= 4 is 45.1 Å². The van der Waals surface area contributed by atoms with Crippen LogP contribution in [0.5, 0.6) is 0 Å². The predicted octanol–water partition coefficient (Wildman–Crippen LogP) is 3.74. The van der Waals surface area contributed by atoms with Crippen molar-refractivity contribution in [3.05, 3.63) is 36.4 Å². The van der Waals surface area contributed by atoms with Gasteiger partial charge in [0, 0.05) is 39.4 Å². The van der Waals surface area contributed by atoms with Gasteiger partial charge in [0.05, 0.1) is 16.6 Å². The van der Waals surface area contributed by atoms with Gasteiger partial charge in [0.2, 0.25) is 15.9 Å². The highest BCUT2D eigenvalue weighted by Crippen LogP contribution is 2.41. The summed E-state index contributed by atoms with van der Waals surface area (Å²) in [5, 5.41) is 14.0. The highest BCUT2D eigenvalue weighted by atomic mass is 32.2. The van der Waals surface area contributed by atoms with Crippen LogP contribution in [0.25, 0.3) is 0 Å². The number of benzene rings is 1. The van der Waals surface area contributed by atoms with Gasteiger partial charge in [-0.1, -0.05) is 20.8 Å². The highest BCUT2D eigenvalue weighted by Gasteiger charge is 2.45. The quantitative estimate of drug-likeness (QED) is 0.525. The summed E-state index contributed by atoms with van der Waals surface area (Å²) >= 11 is 0. The van der Waals surface area contributed by atoms with Crippen molar-refractivity contribution in [2.45, 2.75) is 63.6 Å². The molecule has 2 N–H and O–H groups in total. The molecular formula is C27H38N6O6S. The number of anilines is 4. The van der Waals surface area contributed by atoms with Crippen molar-refractivity contribution in [3.8, 4) is 0 Å². The number of amides is 1. The maximum absolute atomic E-state index is 13.2. The molecule has 0 saturated carbocycles. The summed E-state index contributed by atoms with van der Waals surface area (Å²) in [6.07, 6.45) is -0.175. The molecule has 2 unspecified atom stereocenters. The number of carboxylic acid groups (broad SMARTS) is 1. The minimum Gasteiger partial charge on any atom is -0.448 e. The number of hydrogen-bond acceptors (Lipinski definition) is 9. The third-order valence-electron chi connectivity index (χ3n) is 7.59. The van der Waals surface area contributed by atoms with E-state index in [-0.39, 0.29) is 28.3 Å². The number of hydroxylamine groups is 2. The average Bonchev–Trinajstić information content (AvgIpc) is 2.87. The van der Waals surface area contributed by atoms with Gasteiger partial charge in [0.1, 0.15) is 11.9 Å². The molecule has 1 aromatic carbocycles. The van der Waals surface area contributed by atoms with E-state index in [0.29, 0.717) is 42.4 Å². The smallest absolute Gasteiger partial charge is 0.448 e. The van der Waals surface area contributed by atoms with Gasteiger partial charge in [-0.3, -0.25) is 4.79 Å². The van der Waals surface area contributed by atoms with Gasteiger partial charge in [-0.25, -0.2) is 22.5 Å². The number of nitrogens with one attached hydrogen (secondary N) is 1. The molecule has 2 aliphatic rings. The van der Waals surface area contributed by atoms with Crippen LogP contribution in [-0.4, -0.2) is 85.8 Å². The van der Waals surface area contributed by atoms with Crippen LogP contribution < -0.4 is 15.1 Å². The van der Waals surface area contributed by atoms with Crippen molar-refractivity contribution in [3.63, 3.8) is 0 Å². The maximum atomic E-state index is 13.2. The number of likely N-dealkylation sites (N-methyl/N-ethyl adjacent to an activating group) is 1. The summed E-state index contributed by atoms with van der Waals surface area (Å²) in [5.41, 5.74) is 1.06. The molecule has 0 aliphatic carbocycles. The van der Waals surface area contributed by atoms with E-state index in [1.54, 1.807) is 30.1 Å². The number of pyridine rings is 1. The lowest BCUT2D eigenvalue weighted by Crippen LogP contribution is -2.60. The van der Waals surface area contributed by atoms with Crippen LogP contribution in [0.4, 0.5) is 27.8 Å². The molecule has 218 valence electrons. The molecule has 0 radical (unpaired) electrons. The van der Waals surface area contributed by atoms with Crippen molar-refractivity contribution in [1.29, 1.82) is 0 Å². The number of nitrogens with zero attached hydrogens (tertiary/aromatic N) is 5. The number of hydrogen-bond donors (Lipinski definition) is 2. The standard InChI is InChI=1S/C27H38N6O6S/c1-17-25(34)31(7)21-12-13-23(28-18-8-10-20(11-9-18)40(37,38)30(5)6)29-24(21)33(17)19-14-15-32(39-26(35)36)22(16-19)27(2,3)4/h8-13,17,19,22H,14-16H2,1-7H3,(H,28,29)(H,35,36)/t17-,19?,22?/m1/s1. The van der Waals surface area contributed by atoms with E-state index in [4.69, 9.17) is 9.82 Å². The zero-order chi connectivity index (χ0) is 29.6. The lowest BCUT2D eigenvalue weighted by molar-refractivity contribution is -0.185. The normalized spacial score (nSPS) is 22.3. The first kappa shape index (κ1) is 29.6. The van der Waals surface area contributed by atoms with Gasteiger partial charge >= 0.3 is 6.16 Å². The van der Waals surface area contributed by atoms with Gasteiger partial charge < -0.3 is 25.1 Å². The van der Waals surface area contributed by atoms with Crippen LogP contribution in [0.1, 0.15) is 40.5 Å². The molecule has 3 atom stereocenters.